The third kappa shape index (κ3) is 1.15. The maximum atomic E-state index is 2.30. The maximum absolute atomic E-state index is 2.30. The summed E-state index contributed by atoms with van der Waals surface area (Å²) in [6.45, 7) is 11.2. The molecule has 0 saturated carbocycles. The normalized spacial score (nSPS) is 23.5. The van der Waals surface area contributed by atoms with E-state index in [2.05, 4.69) is 53.5 Å². The minimum atomic E-state index is 0.314. The molecule has 0 amide bonds. The molecular weight excluding hydrogens is 312 g/mol. The molecule has 0 aliphatic heterocycles. The Bertz CT molecular complexity index is 228. The van der Waals surface area contributed by atoms with Gasteiger partial charge in [-0.15, -0.1) is 0 Å². The quantitative estimate of drug-likeness (QED) is 0.640. The first kappa shape index (κ1) is 9.22. The number of hydrogen-bond donors (Lipinski definition) is 0. The molecule has 0 bridgehead atoms. The van der Waals surface area contributed by atoms with Gasteiger partial charge in [-0.1, -0.05) is 0 Å². The van der Waals surface area contributed by atoms with Gasteiger partial charge in [0, 0.05) is 0 Å². The van der Waals surface area contributed by atoms with E-state index in [4.69, 9.17) is 0 Å². The summed E-state index contributed by atoms with van der Waals surface area (Å²) in [5.74, 6) is 0. The molecule has 0 saturated heterocycles. The fourth-order valence-electron chi connectivity index (χ4n) is 1.53. The van der Waals surface area contributed by atoms with E-state index in [0.717, 1.165) is 0 Å². The van der Waals surface area contributed by atoms with Gasteiger partial charge in [0.25, 0.3) is 0 Å². The predicted molar refractivity (Wildman–Crippen MR) is 45.1 cm³/mol. The van der Waals surface area contributed by atoms with E-state index in [1.807, 2.05) is 0 Å². The molecule has 1 aliphatic carbocycles. The van der Waals surface area contributed by atoms with E-state index < -0.39 is 0 Å². The van der Waals surface area contributed by atoms with Gasteiger partial charge in [0.15, 0.2) is 0 Å². The van der Waals surface area contributed by atoms with Crippen molar-refractivity contribution >= 4 is 0 Å². The van der Waals surface area contributed by atoms with Crippen molar-refractivity contribution in [2.45, 2.75) is 38.5 Å². The van der Waals surface area contributed by atoms with Crippen molar-refractivity contribution in [3.05, 3.63) is 22.3 Å². The SMILES string of the molecule is CC1=C(C)[C](C)([Ir+2])C(C)=C1C. The van der Waals surface area contributed by atoms with Crippen LogP contribution in [0, 0.1) is 0 Å². The summed E-state index contributed by atoms with van der Waals surface area (Å²) in [7, 11) is 0. The average Bonchev–Trinajstić information content (AvgIpc) is 2.06. The Morgan fingerprint density at radius 1 is 0.909 bits per heavy atom. The van der Waals surface area contributed by atoms with Crippen molar-refractivity contribution in [3.63, 3.8) is 0 Å². The molecule has 1 rings (SSSR count). The van der Waals surface area contributed by atoms with E-state index in [1.54, 1.807) is 0 Å². The molecule has 0 atom stereocenters. The third-order valence-corrected chi connectivity index (χ3v) is 4.86. The van der Waals surface area contributed by atoms with Crippen LogP contribution in [0.5, 0.6) is 0 Å². The Balaban J connectivity index is 3.27. The minimum absolute atomic E-state index is 0.314. The summed E-state index contributed by atoms with van der Waals surface area (Å²) < 4.78 is 0.314. The zero-order valence-electron chi connectivity index (χ0n) is 7.83. The Kier molecular flexibility index (Phi) is 2.15. The van der Waals surface area contributed by atoms with Crippen LogP contribution >= 0.6 is 0 Å². The molecular formula is C10H15Ir+2. The second-order valence-corrected chi connectivity index (χ2v) is 5.85. The molecule has 0 spiro atoms. The standard InChI is InChI=1S/C10H15.Ir/c1-6-7(2)9(4)10(5)8(6)3;/h1-5H3;/q;+2. The third-order valence-electron chi connectivity index (χ3n) is 3.06. The summed E-state index contributed by atoms with van der Waals surface area (Å²) in [5, 5.41) is 0. The first-order valence-electron chi connectivity index (χ1n) is 3.92. The van der Waals surface area contributed by atoms with Gasteiger partial charge in [0.1, 0.15) is 0 Å². The van der Waals surface area contributed by atoms with Crippen molar-refractivity contribution in [3.8, 4) is 0 Å². The molecule has 0 nitrogen and oxygen atoms in total. The van der Waals surface area contributed by atoms with Gasteiger partial charge < -0.3 is 0 Å². The van der Waals surface area contributed by atoms with Gasteiger partial charge >= 0.3 is 79.7 Å². The van der Waals surface area contributed by atoms with E-state index in [1.165, 1.54) is 22.3 Å². The molecule has 11 heavy (non-hydrogen) atoms. The summed E-state index contributed by atoms with van der Waals surface area (Å²) in [6.07, 6.45) is 0. The Morgan fingerprint density at radius 3 is 1.27 bits per heavy atom. The Labute approximate surface area is 79.9 Å². The molecule has 0 N–H and O–H groups in total. The van der Waals surface area contributed by atoms with Gasteiger partial charge in [0.05, 0.1) is 0 Å². The van der Waals surface area contributed by atoms with Crippen molar-refractivity contribution < 1.29 is 18.9 Å². The fraction of sp³-hybridized carbons (Fsp3) is 0.600. The van der Waals surface area contributed by atoms with Crippen LogP contribution in [0.3, 0.4) is 0 Å². The van der Waals surface area contributed by atoms with Gasteiger partial charge in [-0.2, -0.15) is 0 Å². The van der Waals surface area contributed by atoms with Crippen molar-refractivity contribution in [2.75, 3.05) is 0 Å². The topological polar surface area (TPSA) is 0 Å². The molecule has 1 heteroatoms. The average molecular weight is 327 g/mol. The van der Waals surface area contributed by atoms with Crippen LogP contribution < -0.4 is 0 Å². The summed E-state index contributed by atoms with van der Waals surface area (Å²) in [6, 6.07) is 0. The first-order chi connectivity index (χ1) is 4.89. The molecule has 0 fully saturated rings. The molecule has 0 heterocycles. The van der Waals surface area contributed by atoms with Gasteiger partial charge in [0.2, 0.25) is 0 Å². The van der Waals surface area contributed by atoms with Gasteiger partial charge in [-0.25, -0.2) is 0 Å². The van der Waals surface area contributed by atoms with Crippen LogP contribution in [-0.4, -0.2) is 0 Å². The molecule has 0 aromatic heterocycles. The van der Waals surface area contributed by atoms with Crippen LogP contribution in [0.2, 0.25) is 3.93 Å². The number of hydrogen-bond acceptors (Lipinski definition) is 0. The van der Waals surface area contributed by atoms with Crippen LogP contribution in [-0.2, 0) is 18.9 Å². The predicted octanol–water partition coefficient (Wildman–Crippen LogP) is 3.40. The molecule has 0 aromatic carbocycles. The van der Waals surface area contributed by atoms with Crippen molar-refractivity contribution in [1.29, 1.82) is 0 Å². The number of rotatable bonds is 0. The van der Waals surface area contributed by atoms with Crippen molar-refractivity contribution in [1.82, 2.24) is 0 Å². The zero-order chi connectivity index (χ0) is 8.81. The van der Waals surface area contributed by atoms with Crippen LogP contribution in [0.4, 0.5) is 0 Å². The van der Waals surface area contributed by atoms with Gasteiger partial charge in [-0.3, -0.25) is 0 Å². The van der Waals surface area contributed by atoms with Crippen LogP contribution in [0.1, 0.15) is 34.6 Å². The second-order valence-electron chi connectivity index (χ2n) is 3.46. The van der Waals surface area contributed by atoms with Crippen LogP contribution in [0.15, 0.2) is 22.3 Å². The van der Waals surface area contributed by atoms with E-state index >= 15 is 0 Å². The van der Waals surface area contributed by atoms with E-state index in [0.29, 0.717) is 3.93 Å². The zero-order valence-corrected chi connectivity index (χ0v) is 10.2. The monoisotopic (exact) mass is 328 g/mol. The van der Waals surface area contributed by atoms with E-state index in [9.17, 15) is 0 Å². The number of allylic oxidation sites excluding steroid dienone is 4. The summed E-state index contributed by atoms with van der Waals surface area (Å²) in [5.41, 5.74) is 6.06. The molecule has 1 aliphatic rings. The fourth-order valence-corrected chi connectivity index (χ4v) is 2.43. The molecule has 62 valence electrons. The molecule has 0 unspecified atom stereocenters. The van der Waals surface area contributed by atoms with E-state index in [-0.39, 0.29) is 0 Å². The van der Waals surface area contributed by atoms with Gasteiger partial charge in [-0.05, 0) is 0 Å². The van der Waals surface area contributed by atoms with Crippen LogP contribution in [0.25, 0.3) is 0 Å². The summed E-state index contributed by atoms with van der Waals surface area (Å²) >= 11 is 2.30. The molecule has 0 aromatic rings. The Morgan fingerprint density at radius 2 is 1.18 bits per heavy atom. The second kappa shape index (κ2) is 2.57. The summed E-state index contributed by atoms with van der Waals surface area (Å²) in [4.78, 5) is 0. The molecule has 0 radical (unpaired) electrons. The first-order valence-corrected chi connectivity index (χ1v) is 5.11. The van der Waals surface area contributed by atoms with Crippen molar-refractivity contribution in [2.24, 2.45) is 0 Å². The Hall–Kier alpha value is 0.129.